The van der Waals surface area contributed by atoms with Gasteiger partial charge in [0.05, 0.1) is 6.61 Å². The molecule has 0 aromatic heterocycles. The average molecular weight is 233 g/mol. The zero-order valence-corrected chi connectivity index (χ0v) is 9.68. The minimum absolute atomic E-state index is 0.122. The monoisotopic (exact) mass is 233 g/mol. The summed E-state index contributed by atoms with van der Waals surface area (Å²) < 4.78 is 4.95. The normalized spacial score (nSPS) is 23.2. The lowest BCUT2D eigenvalue weighted by Gasteiger charge is -2.15. The maximum Gasteiger partial charge on any atom is 0.319 e. The van der Waals surface area contributed by atoms with Crippen molar-refractivity contribution in [2.45, 2.75) is 12.8 Å². The highest BCUT2D eigenvalue weighted by Gasteiger charge is 2.41. The van der Waals surface area contributed by atoms with Crippen LogP contribution in [-0.4, -0.2) is 25.0 Å². The molecule has 0 radical (unpaired) electrons. The predicted molar refractivity (Wildman–Crippen MR) is 62.3 cm³/mol. The van der Waals surface area contributed by atoms with E-state index in [0.717, 1.165) is 5.56 Å². The van der Waals surface area contributed by atoms with E-state index in [1.165, 1.54) is 0 Å². The van der Waals surface area contributed by atoms with Crippen LogP contribution in [0.2, 0.25) is 0 Å². The van der Waals surface area contributed by atoms with Gasteiger partial charge in [0.15, 0.2) is 0 Å². The molecule has 4 nitrogen and oxygen atoms in total. The highest BCUT2D eigenvalue weighted by Crippen LogP contribution is 2.29. The molecule has 17 heavy (non-hydrogen) atoms. The van der Waals surface area contributed by atoms with Gasteiger partial charge in [-0.2, -0.15) is 0 Å². The van der Waals surface area contributed by atoms with Crippen molar-refractivity contribution in [3.05, 3.63) is 35.9 Å². The SMILES string of the molecule is CCOC(=O)[C@@H]1C(=O)NC[C@@H]1c1ccccc1. The van der Waals surface area contributed by atoms with Crippen LogP contribution < -0.4 is 5.32 Å². The Morgan fingerprint density at radius 2 is 2.12 bits per heavy atom. The predicted octanol–water partition coefficient (Wildman–Crippen LogP) is 1.08. The number of benzene rings is 1. The molecular formula is C13H15NO3. The Hall–Kier alpha value is -1.84. The van der Waals surface area contributed by atoms with E-state index in [1.807, 2.05) is 30.3 Å². The van der Waals surface area contributed by atoms with Gasteiger partial charge < -0.3 is 10.1 Å². The molecule has 2 atom stereocenters. The number of carbonyl (C=O) groups is 2. The van der Waals surface area contributed by atoms with Gasteiger partial charge >= 0.3 is 5.97 Å². The Balaban J connectivity index is 2.22. The number of rotatable bonds is 3. The van der Waals surface area contributed by atoms with Crippen molar-refractivity contribution in [1.82, 2.24) is 5.32 Å². The molecule has 1 N–H and O–H groups in total. The van der Waals surface area contributed by atoms with Crippen molar-refractivity contribution in [3.8, 4) is 0 Å². The fourth-order valence-electron chi connectivity index (χ4n) is 2.13. The lowest BCUT2D eigenvalue weighted by molar-refractivity contribution is -0.151. The number of nitrogens with one attached hydrogen (secondary N) is 1. The third-order valence-corrected chi connectivity index (χ3v) is 2.95. The highest BCUT2D eigenvalue weighted by atomic mass is 16.5. The Morgan fingerprint density at radius 1 is 1.41 bits per heavy atom. The lowest BCUT2D eigenvalue weighted by Crippen LogP contribution is -2.28. The molecule has 0 bridgehead atoms. The summed E-state index contributed by atoms with van der Waals surface area (Å²) >= 11 is 0. The zero-order chi connectivity index (χ0) is 12.3. The summed E-state index contributed by atoms with van der Waals surface area (Å²) in [6.45, 7) is 2.53. The fourth-order valence-corrected chi connectivity index (χ4v) is 2.13. The number of amides is 1. The molecule has 1 fully saturated rings. The smallest absolute Gasteiger partial charge is 0.319 e. The van der Waals surface area contributed by atoms with Gasteiger partial charge in [-0.15, -0.1) is 0 Å². The van der Waals surface area contributed by atoms with E-state index in [-0.39, 0.29) is 11.8 Å². The Morgan fingerprint density at radius 3 is 2.76 bits per heavy atom. The number of ether oxygens (including phenoxy) is 1. The van der Waals surface area contributed by atoms with E-state index in [9.17, 15) is 9.59 Å². The van der Waals surface area contributed by atoms with Crippen LogP contribution in [0.5, 0.6) is 0 Å². The lowest BCUT2D eigenvalue weighted by atomic mass is 9.89. The van der Waals surface area contributed by atoms with E-state index in [2.05, 4.69) is 5.32 Å². The van der Waals surface area contributed by atoms with Crippen LogP contribution in [0.4, 0.5) is 0 Å². The summed E-state index contributed by atoms with van der Waals surface area (Å²) in [5.74, 6) is -1.51. The fraction of sp³-hybridized carbons (Fsp3) is 0.385. The number of hydrogen-bond donors (Lipinski definition) is 1. The van der Waals surface area contributed by atoms with Crippen LogP contribution >= 0.6 is 0 Å². The van der Waals surface area contributed by atoms with Gasteiger partial charge in [0.25, 0.3) is 0 Å². The number of esters is 1. The molecule has 0 spiro atoms. The van der Waals surface area contributed by atoms with Crippen LogP contribution in [0, 0.1) is 5.92 Å². The van der Waals surface area contributed by atoms with Crippen molar-refractivity contribution in [1.29, 1.82) is 0 Å². The molecule has 2 rings (SSSR count). The summed E-state index contributed by atoms with van der Waals surface area (Å²) in [5.41, 5.74) is 0.990. The summed E-state index contributed by atoms with van der Waals surface area (Å²) in [6, 6.07) is 9.57. The molecule has 0 aliphatic carbocycles. The van der Waals surface area contributed by atoms with Gasteiger partial charge in [-0.25, -0.2) is 0 Å². The molecule has 0 saturated carbocycles. The summed E-state index contributed by atoms with van der Waals surface area (Å²) in [6.07, 6.45) is 0. The quantitative estimate of drug-likeness (QED) is 0.628. The third kappa shape index (κ3) is 2.30. The van der Waals surface area contributed by atoms with Gasteiger partial charge in [-0.1, -0.05) is 30.3 Å². The molecule has 1 aromatic carbocycles. The topological polar surface area (TPSA) is 55.4 Å². The average Bonchev–Trinajstić information content (AvgIpc) is 2.73. The molecule has 0 unspecified atom stereocenters. The molecule has 1 aliphatic heterocycles. The van der Waals surface area contributed by atoms with E-state index in [4.69, 9.17) is 4.74 Å². The molecule has 1 aliphatic rings. The van der Waals surface area contributed by atoms with Crippen molar-refractivity contribution in [2.75, 3.05) is 13.2 Å². The summed E-state index contributed by atoms with van der Waals surface area (Å²) in [4.78, 5) is 23.4. The maximum atomic E-state index is 11.8. The second-order valence-electron chi connectivity index (χ2n) is 3.99. The van der Waals surface area contributed by atoms with Crippen molar-refractivity contribution < 1.29 is 14.3 Å². The molecule has 1 saturated heterocycles. The van der Waals surface area contributed by atoms with Crippen LogP contribution in [0.1, 0.15) is 18.4 Å². The summed E-state index contributed by atoms with van der Waals surface area (Å²) in [5, 5.41) is 2.72. The van der Waals surface area contributed by atoms with Crippen molar-refractivity contribution in [2.24, 2.45) is 5.92 Å². The van der Waals surface area contributed by atoms with Crippen LogP contribution in [0.3, 0.4) is 0 Å². The van der Waals surface area contributed by atoms with Gasteiger partial charge in [0, 0.05) is 12.5 Å². The zero-order valence-electron chi connectivity index (χ0n) is 9.68. The minimum atomic E-state index is -0.711. The van der Waals surface area contributed by atoms with E-state index in [1.54, 1.807) is 6.92 Å². The highest BCUT2D eigenvalue weighted by molar-refractivity contribution is 6.00. The van der Waals surface area contributed by atoms with Gasteiger partial charge in [-0.3, -0.25) is 9.59 Å². The van der Waals surface area contributed by atoms with Crippen LogP contribution in [0.25, 0.3) is 0 Å². The maximum absolute atomic E-state index is 11.8. The molecule has 1 aromatic rings. The van der Waals surface area contributed by atoms with E-state index >= 15 is 0 Å². The van der Waals surface area contributed by atoms with Crippen molar-refractivity contribution >= 4 is 11.9 Å². The third-order valence-electron chi connectivity index (χ3n) is 2.95. The largest absolute Gasteiger partial charge is 0.465 e. The van der Waals surface area contributed by atoms with E-state index < -0.39 is 11.9 Å². The first-order valence-corrected chi connectivity index (χ1v) is 5.73. The Labute approximate surface area is 100.0 Å². The first-order valence-electron chi connectivity index (χ1n) is 5.73. The van der Waals surface area contributed by atoms with Crippen molar-refractivity contribution in [3.63, 3.8) is 0 Å². The number of hydrogen-bond acceptors (Lipinski definition) is 3. The molecule has 4 heteroatoms. The first-order chi connectivity index (χ1) is 8.24. The van der Waals surface area contributed by atoms with Crippen LogP contribution in [-0.2, 0) is 14.3 Å². The molecule has 1 amide bonds. The van der Waals surface area contributed by atoms with Gasteiger partial charge in [0.2, 0.25) is 5.91 Å². The van der Waals surface area contributed by atoms with Crippen LogP contribution in [0.15, 0.2) is 30.3 Å². The second-order valence-corrected chi connectivity index (χ2v) is 3.99. The van der Waals surface area contributed by atoms with Gasteiger partial charge in [0.1, 0.15) is 5.92 Å². The minimum Gasteiger partial charge on any atom is -0.465 e. The first kappa shape index (κ1) is 11.6. The number of carbonyl (C=O) groups excluding carboxylic acids is 2. The Bertz CT molecular complexity index is 416. The Kier molecular flexibility index (Phi) is 3.42. The molecule has 90 valence electrons. The second kappa shape index (κ2) is 4.99. The standard InChI is InChI=1S/C13H15NO3/c1-2-17-13(16)11-10(8-14-12(11)15)9-6-4-3-5-7-9/h3-7,10-11H,2,8H2,1H3,(H,14,15)/t10-,11+/m1/s1. The van der Waals surface area contributed by atoms with E-state index in [0.29, 0.717) is 13.2 Å². The summed E-state index contributed by atoms with van der Waals surface area (Å²) in [7, 11) is 0. The molecular weight excluding hydrogens is 218 g/mol. The van der Waals surface area contributed by atoms with Gasteiger partial charge in [-0.05, 0) is 12.5 Å². The molecule has 1 heterocycles.